The molecule has 0 saturated heterocycles. The van der Waals surface area contributed by atoms with Crippen LogP contribution in [-0.4, -0.2) is 34.1 Å². The molecular weight excluding hydrogens is 320 g/mol. The molecule has 0 amide bonds. The van der Waals surface area contributed by atoms with E-state index in [2.05, 4.69) is 9.46 Å². The smallest absolute Gasteiger partial charge is 0.373 e. The van der Waals surface area contributed by atoms with Crippen LogP contribution in [0.25, 0.3) is 0 Å². The van der Waals surface area contributed by atoms with Gasteiger partial charge in [-0.05, 0) is 25.3 Å². The first kappa shape index (κ1) is 18.0. The summed E-state index contributed by atoms with van der Waals surface area (Å²) in [4.78, 5) is 11.6. The van der Waals surface area contributed by atoms with E-state index in [-0.39, 0.29) is 28.4 Å². The van der Waals surface area contributed by atoms with Gasteiger partial charge in [-0.1, -0.05) is 19.8 Å². The number of nitrogens with one attached hydrogen (secondary N) is 1. The van der Waals surface area contributed by atoms with E-state index in [0.717, 1.165) is 25.7 Å². The van der Waals surface area contributed by atoms with Gasteiger partial charge in [0.2, 0.25) is 15.8 Å². The quantitative estimate of drug-likeness (QED) is 0.755. The molecule has 1 aliphatic rings. The van der Waals surface area contributed by atoms with Crippen LogP contribution in [-0.2, 0) is 21.2 Å². The van der Waals surface area contributed by atoms with Gasteiger partial charge in [0.25, 0.3) is 0 Å². The Kier molecular flexibility index (Phi) is 5.83. The van der Waals surface area contributed by atoms with Crippen molar-refractivity contribution in [2.45, 2.75) is 50.0 Å². The van der Waals surface area contributed by atoms with Crippen molar-refractivity contribution in [3.05, 3.63) is 17.6 Å². The third-order valence-electron chi connectivity index (χ3n) is 4.29. The van der Waals surface area contributed by atoms with E-state index in [0.29, 0.717) is 13.0 Å². The van der Waals surface area contributed by atoms with Crippen LogP contribution in [0.4, 0.5) is 0 Å². The van der Waals surface area contributed by atoms with Crippen LogP contribution >= 0.6 is 0 Å². The maximum absolute atomic E-state index is 12.7. The highest BCUT2D eigenvalue weighted by Gasteiger charge is 2.32. The number of sulfonamides is 1. The number of rotatable bonds is 6. The molecule has 7 nitrogen and oxygen atoms in total. The Morgan fingerprint density at radius 1 is 1.43 bits per heavy atom. The van der Waals surface area contributed by atoms with Crippen molar-refractivity contribution in [1.82, 2.24) is 4.72 Å². The summed E-state index contributed by atoms with van der Waals surface area (Å²) < 4.78 is 38.0. The molecule has 2 unspecified atom stereocenters. The Morgan fingerprint density at radius 2 is 2.13 bits per heavy atom. The van der Waals surface area contributed by atoms with Crippen LogP contribution < -0.4 is 10.5 Å². The Morgan fingerprint density at radius 3 is 2.74 bits per heavy atom. The van der Waals surface area contributed by atoms with Gasteiger partial charge in [-0.2, -0.15) is 0 Å². The summed E-state index contributed by atoms with van der Waals surface area (Å²) in [6.07, 6.45) is 4.09. The summed E-state index contributed by atoms with van der Waals surface area (Å²) in [6, 6.07) is 1.05. The Labute approximate surface area is 136 Å². The Bertz CT molecular complexity index is 653. The first-order valence-corrected chi connectivity index (χ1v) is 9.34. The topological polar surface area (TPSA) is 112 Å². The number of hydrogen-bond acceptors (Lipinski definition) is 6. The van der Waals surface area contributed by atoms with Gasteiger partial charge in [0, 0.05) is 18.5 Å². The van der Waals surface area contributed by atoms with Crippen LogP contribution in [0, 0.1) is 5.92 Å². The highest BCUT2D eigenvalue weighted by atomic mass is 32.2. The molecule has 1 aliphatic carbocycles. The van der Waals surface area contributed by atoms with Crippen molar-refractivity contribution in [2.75, 3.05) is 13.7 Å². The predicted molar refractivity (Wildman–Crippen MR) is 84.5 cm³/mol. The molecule has 0 radical (unpaired) electrons. The number of hydrogen-bond donors (Lipinski definition) is 2. The minimum atomic E-state index is -3.77. The monoisotopic (exact) mass is 344 g/mol. The summed E-state index contributed by atoms with van der Waals surface area (Å²) in [5, 5.41) is 0. The van der Waals surface area contributed by atoms with E-state index < -0.39 is 16.0 Å². The molecule has 23 heavy (non-hydrogen) atoms. The fourth-order valence-electron chi connectivity index (χ4n) is 2.99. The number of furan rings is 1. The van der Waals surface area contributed by atoms with Gasteiger partial charge < -0.3 is 14.9 Å². The number of nitrogens with two attached hydrogens (primary N) is 1. The van der Waals surface area contributed by atoms with Crippen molar-refractivity contribution in [1.29, 1.82) is 0 Å². The van der Waals surface area contributed by atoms with Gasteiger partial charge >= 0.3 is 5.97 Å². The minimum Gasteiger partial charge on any atom is -0.463 e. The standard InChI is InChI=1S/C15H24N2O5S/c1-3-12-14(8-13(22-12)15(18)21-2)23(19,20)17-11-7-5-4-6-10(11)9-16/h8,10-11,17H,3-7,9,16H2,1-2H3. The summed E-state index contributed by atoms with van der Waals surface area (Å²) in [7, 11) is -2.55. The van der Waals surface area contributed by atoms with Gasteiger partial charge in [0.05, 0.1) is 7.11 Å². The van der Waals surface area contributed by atoms with Crippen LogP contribution in [0.1, 0.15) is 48.9 Å². The summed E-state index contributed by atoms with van der Waals surface area (Å²) >= 11 is 0. The third-order valence-corrected chi connectivity index (χ3v) is 5.82. The van der Waals surface area contributed by atoms with Gasteiger partial charge in [-0.25, -0.2) is 17.9 Å². The molecule has 1 aromatic rings. The van der Waals surface area contributed by atoms with E-state index in [1.165, 1.54) is 13.2 Å². The molecule has 3 N–H and O–H groups in total. The van der Waals surface area contributed by atoms with E-state index in [4.69, 9.17) is 10.2 Å². The Hall–Kier alpha value is -1.38. The number of aryl methyl sites for hydroxylation is 1. The average Bonchev–Trinajstić information content (AvgIpc) is 2.99. The number of esters is 1. The SMILES string of the molecule is CCc1oc(C(=O)OC)cc1S(=O)(=O)NC1CCCCC1CN. The van der Waals surface area contributed by atoms with Crippen molar-refractivity contribution in [3.63, 3.8) is 0 Å². The van der Waals surface area contributed by atoms with Gasteiger partial charge in [-0.15, -0.1) is 0 Å². The minimum absolute atomic E-state index is 0.00162. The van der Waals surface area contributed by atoms with Crippen LogP contribution in [0.15, 0.2) is 15.4 Å². The van der Waals surface area contributed by atoms with E-state index >= 15 is 0 Å². The fourth-order valence-corrected chi connectivity index (χ4v) is 4.58. The molecule has 0 aliphatic heterocycles. The summed E-state index contributed by atoms with van der Waals surface area (Å²) in [6.45, 7) is 2.22. The first-order chi connectivity index (χ1) is 10.9. The van der Waals surface area contributed by atoms with Crippen LogP contribution in [0.5, 0.6) is 0 Å². The molecule has 130 valence electrons. The van der Waals surface area contributed by atoms with Crippen molar-refractivity contribution >= 4 is 16.0 Å². The molecule has 2 rings (SSSR count). The lowest BCUT2D eigenvalue weighted by atomic mass is 9.85. The van der Waals surface area contributed by atoms with E-state index in [1.54, 1.807) is 6.92 Å². The molecule has 1 heterocycles. The van der Waals surface area contributed by atoms with Crippen LogP contribution in [0.2, 0.25) is 0 Å². The highest BCUT2D eigenvalue weighted by Crippen LogP contribution is 2.27. The van der Waals surface area contributed by atoms with Crippen molar-refractivity contribution < 1.29 is 22.4 Å². The molecule has 8 heteroatoms. The van der Waals surface area contributed by atoms with Crippen molar-refractivity contribution in [2.24, 2.45) is 11.7 Å². The molecule has 0 aromatic carbocycles. The number of carbonyl (C=O) groups excluding carboxylic acids is 1. The molecular formula is C15H24N2O5S. The molecule has 0 bridgehead atoms. The lowest BCUT2D eigenvalue weighted by Gasteiger charge is -2.30. The number of methoxy groups -OCH3 is 1. The first-order valence-electron chi connectivity index (χ1n) is 7.86. The van der Waals surface area contributed by atoms with E-state index in [1.807, 2.05) is 0 Å². The van der Waals surface area contributed by atoms with Gasteiger partial charge in [0.15, 0.2) is 0 Å². The third kappa shape index (κ3) is 3.94. The lowest BCUT2D eigenvalue weighted by Crippen LogP contribution is -2.44. The van der Waals surface area contributed by atoms with Gasteiger partial charge in [-0.3, -0.25) is 0 Å². The number of carbonyl (C=O) groups is 1. The zero-order chi connectivity index (χ0) is 17.0. The second-order valence-corrected chi connectivity index (χ2v) is 7.43. The molecule has 1 fully saturated rings. The van der Waals surface area contributed by atoms with E-state index in [9.17, 15) is 13.2 Å². The highest BCUT2D eigenvalue weighted by molar-refractivity contribution is 7.89. The number of ether oxygens (including phenoxy) is 1. The maximum Gasteiger partial charge on any atom is 0.373 e. The Balaban J connectivity index is 2.28. The second kappa shape index (κ2) is 7.46. The average molecular weight is 344 g/mol. The zero-order valence-corrected chi connectivity index (χ0v) is 14.3. The normalized spacial score (nSPS) is 22.0. The summed E-state index contributed by atoms with van der Waals surface area (Å²) in [5.41, 5.74) is 5.75. The predicted octanol–water partition coefficient (Wildman–Crippen LogP) is 1.42. The summed E-state index contributed by atoms with van der Waals surface area (Å²) in [5.74, 6) is -0.420. The van der Waals surface area contributed by atoms with Gasteiger partial charge in [0.1, 0.15) is 10.7 Å². The lowest BCUT2D eigenvalue weighted by molar-refractivity contribution is 0.0563. The molecule has 2 atom stereocenters. The fraction of sp³-hybridized carbons (Fsp3) is 0.667. The molecule has 1 saturated carbocycles. The zero-order valence-electron chi connectivity index (χ0n) is 13.5. The molecule has 1 aromatic heterocycles. The van der Waals surface area contributed by atoms with Crippen LogP contribution in [0.3, 0.4) is 0 Å². The van der Waals surface area contributed by atoms with Crippen molar-refractivity contribution in [3.8, 4) is 0 Å². The maximum atomic E-state index is 12.7. The second-order valence-electron chi connectivity index (χ2n) is 5.75. The molecule has 0 spiro atoms. The largest absolute Gasteiger partial charge is 0.463 e.